The number of nitrogens with one attached hydrogen (secondary N) is 1. The van der Waals surface area contributed by atoms with E-state index in [4.69, 9.17) is 4.74 Å². The van der Waals surface area contributed by atoms with Crippen LogP contribution in [0, 0.1) is 0 Å². The number of hydrogen-bond donors (Lipinski definition) is 2. The smallest absolute Gasteiger partial charge is 0.255 e. The lowest BCUT2D eigenvalue weighted by molar-refractivity contribution is 0.102. The average molecular weight is 336 g/mol. The van der Waals surface area contributed by atoms with Gasteiger partial charge in [-0.1, -0.05) is 28.1 Å². The van der Waals surface area contributed by atoms with Gasteiger partial charge in [-0.05, 0) is 35.9 Å². The van der Waals surface area contributed by atoms with Crippen molar-refractivity contribution in [2.24, 2.45) is 0 Å². The number of rotatable bonds is 4. The molecule has 0 aliphatic carbocycles. The molecular formula is C15H14BrNO3. The number of halogens is 1. The second kappa shape index (κ2) is 6.43. The van der Waals surface area contributed by atoms with Crippen molar-refractivity contribution in [2.45, 2.75) is 5.33 Å². The third-order valence-electron chi connectivity index (χ3n) is 2.78. The molecule has 104 valence electrons. The molecule has 2 aromatic carbocycles. The number of benzene rings is 2. The summed E-state index contributed by atoms with van der Waals surface area (Å²) in [6.45, 7) is 0. The SMILES string of the molecule is COc1ccc(C(=O)Nc2cccc(CBr)c2)cc1O. The van der Waals surface area contributed by atoms with Gasteiger partial charge in [-0.15, -0.1) is 0 Å². The molecule has 0 aromatic heterocycles. The zero-order valence-electron chi connectivity index (χ0n) is 10.9. The van der Waals surface area contributed by atoms with Crippen LogP contribution in [-0.4, -0.2) is 18.1 Å². The maximum Gasteiger partial charge on any atom is 0.255 e. The van der Waals surface area contributed by atoms with E-state index >= 15 is 0 Å². The van der Waals surface area contributed by atoms with E-state index in [1.54, 1.807) is 12.1 Å². The minimum absolute atomic E-state index is 0.0608. The van der Waals surface area contributed by atoms with E-state index in [1.165, 1.54) is 13.2 Å². The summed E-state index contributed by atoms with van der Waals surface area (Å²) in [7, 11) is 1.46. The maximum absolute atomic E-state index is 12.1. The van der Waals surface area contributed by atoms with Crippen LogP contribution >= 0.6 is 15.9 Å². The van der Waals surface area contributed by atoms with Crippen LogP contribution in [0.25, 0.3) is 0 Å². The van der Waals surface area contributed by atoms with Crippen molar-refractivity contribution >= 4 is 27.5 Å². The number of aromatic hydroxyl groups is 1. The largest absolute Gasteiger partial charge is 0.504 e. The highest BCUT2D eigenvalue weighted by atomic mass is 79.9. The highest BCUT2D eigenvalue weighted by molar-refractivity contribution is 9.08. The van der Waals surface area contributed by atoms with Gasteiger partial charge >= 0.3 is 0 Å². The van der Waals surface area contributed by atoms with Gasteiger partial charge in [0.05, 0.1) is 7.11 Å². The second-order valence-corrected chi connectivity index (χ2v) is 4.74. The van der Waals surface area contributed by atoms with Crippen LogP contribution in [-0.2, 0) is 5.33 Å². The maximum atomic E-state index is 12.1. The van der Waals surface area contributed by atoms with Gasteiger partial charge in [0.2, 0.25) is 0 Å². The number of hydrogen-bond acceptors (Lipinski definition) is 3. The number of anilines is 1. The molecule has 0 heterocycles. The first kappa shape index (κ1) is 14.4. The highest BCUT2D eigenvalue weighted by Gasteiger charge is 2.10. The van der Waals surface area contributed by atoms with Crippen LogP contribution in [0.1, 0.15) is 15.9 Å². The standard InChI is InChI=1S/C15H14BrNO3/c1-20-14-6-5-11(8-13(14)18)15(19)17-12-4-2-3-10(7-12)9-16/h2-8,18H,9H2,1H3,(H,17,19). The molecule has 0 aliphatic heterocycles. The van der Waals surface area contributed by atoms with Gasteiger partial charge in [-0.2, -0.15) is 0 Å². The lowest BCUT2D eigenvalue weighted by Gasteiger charge is -2.08. The summed E-state index contributed by atoms with van der Waals surface area (Å²) in [5.41, 5.74) is 2.15. The molecule has 2 N–H and O–H groups in total. The summed E-state index contributed by atoms with van der Waals surface area (Å²) in [4.78, 5) is 12.1. The molecule has 5 heteroatoms. The van der Waals surface area contributed by atoms with Gasteiger partial charge in [0.1, 0.15) is 0 Å². The molecule has 0 saturated heterocycles. The fourth-order valence-corrected chi connectivity index (χ4v) is 2.12. The monoisotopic (exact) mass is 335 g/mol. The van der Waals surface area contributed by atoms with Crippen molar-refractivity contribution in [2.75, 3.05) is 12.4 Å². The van der Waals surface area contributed by atoms with Gasteiger partial charge in [0.15, 0.2) is 11.5 Å². The molecule has 4 nitrogen and oxygen atoms in total. The minimum Gasteiger partial charge on any atom is -0.504 e. The molecule has 2 rings (SSSR count). The molecule has 20 heavy (non-hydrogen) atoms. The number of ether oxygens (including phenoxy) is 1. The van der Waals surface area contributed by atoms with Gasteiger partial charge in [0.25, 0.3) is 5.91 Å². The molecule has 1 amide bonds. The fourth-order valence-electron chi connectivity index (χ4n) is 1.77. The molecule has 0 bridgehead atoms. The summed E-state index contributed by atoms with van der Waals surface area (Å²) < 4.78 is 4.94. The van der Waals surface area contributed by atoms with Gasteiger partial charge in [-0.25, -0.2) is 0 Å². The molecular weight excluding hydrogens is 322 g/mol. The number of methoxy groups -OCH3 is 1. The van der Waals surface area contributed by atoms with Crippen molar-refractivity contribution in [3.63, 3.8) is 0 Å². The topological polar surface area (TPSA) is 58.6 Å². The van der Waals surface area contributed by atoms with E-state index in [2.05, 4.69) is 21.2 Å². The molecule has 2 aromatic rings. The summed E-state index contributed by atoms with van der Waals surface area (Å²) >= 11 is 3.37. The van der Waals surface area contributed by atoms with Gasteiger partial charge in [-0.3, -0.25) is 4.79 Å². The summed E-state index contributed by atoms with van der Waals surface area (Å²) in [5, 5.41) is 13.2. The molecule has 0 unspecified atom stereocenters. The van der Waals surface area contributed by atoms with Crippen molar-refractivity contribution in [3.05, 3.63) is 53.6 Å². The van der Waals surface area contributed by atoms with Crippen LogP contribution in [0.15, 0.2) is 42.5 Å². The first-order valence-corrected chi connectivity index (χ1v) is 7.09. The molecule has 0 radical (unpaired) electrons. The second-order valence-electron chi connectivity index (χ2n) is 4.17. The lowest BCUT2D eigenvalue weighted by atomic mass is 10.1. The number of phenols is 1. The van der Waals surface area contributed by atoms with E-state index in [0.29, 0.717) is 17.0 Å². The quantitative estimate of drug-likeness (QED) is 0.840. The van der Waals surface area contributed by atoms with E-state index in [-0.39, 0.29) is 11.7 Å². The Morgan fingerprint density at radius 2 is 2.10 bits per heavy atom. The van der Waals surface area contributed by atoms with E-state index < -0.39 is 0 Å². The predicted octanol–water partition coefficient (Wildman–Crippen LogP) is 3.55. The zero-order valence-corrected chi connectivity index (χ0v) is 12.5. The van der Waals surface area contributed by atoms with E-state index in [9.17, 15) is 9.90 Å². The number of carbonyl (C=O) groups is 1. The minimum atomic E-state index is -0.283. The highest BCUT2D eigenvalue weighted by Crippen LogP contribution is 2.26. The van der Waals surface area contributed by atoms with Gasteiger partial charge in [0, 0.05) is 16.6 Å². The Morgan fingerprint density at radius 1 is 1.30 bits per heavy atom. The van der Waals surface area contributed by atoms with Gasteiger partial charge < -0.3 is 15.2 Å². The van der Waals surface area contributed by atoms with Crippen LogP contribution in [0.5, 0.6) is 11.5 Å². The molecule has 0 saturated carbocycles. The van der Waals surface area contributed by atoms with E-state index in [1.807, 2.05) is 24.3 Å². The van der Waals surface area contributed by atoms with Crippen molar-refractivity contribution < 1.29 is 14.6 Å². The number of carbonyl (C=O) groups excluding carboxylic acids is 1. The Balaban J connectivity index is 2.17. The van der Waals surface area contributed by atoms with Crippen LogP contribution in [0.3, 0.4) is 0 Å². The molecule has 0 fully saturated rings. The van der Waals surface area contributed by atoms with Crippen LogP contribution in [0.2, 0.25) is 0 Å². The summed E-state index contributed by atoms with van der Waals surface area (Å²) in [6, 6.07) is 12.1. The molecule has 0 atom stereocenters. The fraction of sp³-hybridized carbons (Fsp3) is 0.133. The molecule has 0 spiro atoms. The van der Waals surface area contributed by atoms with Crippen molar-refractivity contribution in [1.82, 2.24) is 0 Å². The first-order valence-electron chi connectivity index (χ1n) is 5.97. The molecule has 0 aliphatic rings. The number of amides is 1. The Morgan fingerprint density at radius 3 is 2.75 bits per heavy atom. The zero-order chi connectivity index (χ0) is 14.5. The third-order valence-corrected chi connectivity index (χ3v) is 3.43. The number of phenolic OH excluding ortho intramolecular Hbond substituents is 1. The first-order chi connectivity index (χ1) is 9.63. The van der Waals surface area contributed by atoms with E-state index in [0.717, 1.165) is 10.9 Å². The van der Waals surface area contributed by atoms with Crippen molar-refractivity contribution in [1.29, 1.82) is 0 Å². The normalized spacial score (nSPS) is 10.1. The Kier molecular flexibility index (Phi) is 4.63. The lowest BCUT2D eigenvalue weighted by Crippen LogP contribution is -2.11. The van der Waals surface area contributed by atoms with Crippen molar-refractivity contribution in [3.8, 4) is 11.5 Å². The Bertz CT molecular complexity index is 628. The predicted molar refractivity (Wildman–Crippen MR) is 81.7 cm³/mol. The van der Waals surface area contributed by atoms with Crippen LogP contribution < -0.4 is 10.1 Å². The Labute approximate surface area is 125 Å². The third kappa shape index (κ3) is 3.30. The van der Waals surface area contributed by atoms with Crippen LogP contribution in [0.4, 0.5) is 5.69 Å². The average Bonchev–Trinajstić information content (AvgIpc) is 2.47. The summed E-state index contributed by atoms with van der Waals surface area (Å²) in [5.74, 6) is -0.00753. The number of alkyl halides is 1. The summed E-state index contributed by atoms with van der Waals surface area (Å²) in [6.07, 6.45) is 0. The Hall–Kier alpha value is -2.01.